The van der Waals surface area contributed by atoms with Crippen molar-refractivity contribution in [2.45, 2.75) is 69.8 Å². The first-order chi connectivity index (χ1) is 8.46. The molecular formula is C12H21F3N2O2. The van der Waals surface area contributed by atoms with E-state index >= 15 is 0 Å². The van der Waals surface area contributed by atoms with E-state index in [1.165, 1.54) is 0 Å². The van der Waals surface area contributed by atoms with E-state index in [0.717, 1.165) is 0 Å². The Kier molecular flexibility index (Phi) is 4.39. The van der Waals surface area contributed by atoms with E-state index in [1.807, 2.05) is 0 Å². The summed E-state index contributed by atoms with van der Waals surface area (Å²) in [6.07, 6.45) is -3.74. The van der Waals surface area contributed by atoms with Gasteiger partial charge in [0.25, 0.3) is 0 Å². The Hall–Kier alpha value is -0.980. The second-order valence-corrected chi connectivity index (χ2v) is 6.01. The monoisotopic (exact) mass is 282 g/mol. The number of nitrogens with two attached hydrogens (primary N) is 1. The van der Waals surface area contributed by atoms with E-state index in [4.69, 9.17) is 10.5 Å². The zero-order chi connectivity index (χ0) is 14.9. The second-order valence-electron chi connectivity index (χ2n) is 6.01. The highest BCUT2D eigenvalue weighted by atomic mass is 19.4. The number of alkyl halides is 3. The van der Waals surface area contributed by atoms with Gasteiger partial charge in [-0.05, 0) is 33.6 Å². The number of nitrogens with one attached hydrogen (secondary N) is 1. The molecule has 19 heavy (non-hydrogen) atoms. The zero-order valence-corrected chi connectivity index (χ0v) is 11.4. The minimum Gasteiger partial charge on any atom is -0.444 e. The van der Waals surface area contributed by atoms with Crippen LogP contribution in [0.25, 0.3) is 0 Å². The standard InChI is InChI=1S/C12H21F3N2O2/c1-10(2,3)19-9(18)17-11(6-4-5-7-11)8(16)12(13,14)15/h8H,4-7,16H2,1-3H3,(H,17,18). The fourth-order valence-corrected chi connectivity index (χ4v) is 2.34. The molecule has 0 aliphatic heterocycles. The van der Waals surface area contributed by atoms with Gasteiger partial charge in [0.1, 0.15) is 11.6 Å². The quantitative estimate of drug-likeness (QED) is 0.818. The van der Waals surface area contributed by atoms with Crippen LogP contribution in [0.5, 0.6) is 0 Å². The van der Waals surface area contributed by atoms with Crippen molar-refractivity contribution in [3.8, 4) is 0 Å². The Labute approximate surface area is 110 Å². The van der Waals surface area contributed by atoms with Crippen LogP contribution in [0.15, 0.2) is 0 Å². The molecule has 0 radical (unpaired) electrons. The van der Waals surface area contributed by atoms with Gasteiger partial charge in [-0.15, -0.1) is 0 Å². The van der Waals surface area contributed by atoms with Crippen LogP contribution in [-0.4, -0.2) is 29.5 Å². The van der Waals surface area contributed by atoms with Gasteiger partial charge in [-0.25, -0.2) is 4.79 Å². The molecule has 7 heteroatoms. The van der Waals surface area contributed by atoms with Crippen LogP contribution in [0, 0.1) is 0 Å². The largest absolute Gasteiger partial charge is 0.444 e. The number of hydrogen-bond acceptors (Lipinski definition) is 3. The molecule has 0 saturated heterocycles. The maximum Gasteiger partial charge on any atom is 0.408 e. The van der Waals surface area contributed by atoms with Crippen molar-refractivity contribution in [2.24, 2.45) is 5.73 Å². The lowest BCUT2D eigenvalue weighted by Gasteiger charge is -2.37. The molecule has 1 fully saturated rings. The highest BCUT2D eigenvalue weighted by molar-refractivity contribution is 5.69. The van der Waals surface area contributed by atoms with Crippen LogP contribution in [0.1, 0.15) is 46.5 Å². The number of carbonyl (C=O) groups excluding carboxylic acids is 1. The molecule has 112 valence electrons. The highest BCUT2D eigenvalue weighted by Gasteiger charge is 2.53. The lowest BCUT2D eigenvalue weighted by Crippen LogP contribution is -2.64. The van der Waals surface area contributed by atoms with Crippen molar-refractivity contribution in [1.82, 2.24) is 5.32 Å². The molecule has 1 saturated carbocycles. The van der Waals surface area contributed by atoms with E-state index in [-0.39, 0.29) is 12.8 Å². The van der Waals surface area contributed by atoms with Crippen LogP contribution in [0.4, 0.5) is 18.0 Å². The van der Waals surface area contributed by atoms with E-state index in [9.17, 15) is 18.0 Å². The molecule has 1 rings (SSSR count). The Morgan fingerprint density at radius 3 is 2.11 bits per heavy atom. The van der Waals surface area contributed by atoms with Crippen LogP contribution in [-0.2, 0) is 4.74 Å². The minimum atomic E-state index is -4.54. The summed E-state index contributed by atoms with van der Waals surface area (Å²) in [6.45, 7) is 4.95. The van der Waals surface area contributed by atoms with Crippen molar-refractivity contribution >= 4 is 6.09 Å². The summed E-state index contributed by atoms with van der Waals surface area (Å²) in [4.78, 5) is 11.7. The molecule has 1 aliphatic rings. The van der Waals surface area contributed by atoms with Crippen molar-refractivity contribution < 1.29 is 22.7 Å². The van der Waals surface area contributed by atoms with Gasteiger partial charge >= 0.3 is 12.3 Å². The molecule has 0 aromatic carbocycles. The molecule has 4 nitrogen and oxygen atoms in total. The topological polar surface area (TPSA) is 64.3 Å². The van der Waals surface area contributed by atoms with Gasteiger partial charge in [-0.1, -0.05) is 12.8 Å². The minimum absolute atomic E-state index is 0.215. The molecule has 0 bridgehead atoms. The van der Waals surface area contributed by atoms with Crippen molar-refractivity contribution in [2.75, 3.05) is 0 Å². The lowest BCUT2D eigenvalue weighted by atomic mass is 9.88. The van der Waals surface area contributed by atoms with Gasteiger partial charge in [-0.3, -0.25) is 0 Å². The summed E-state index contributed by atoms with van der Waals surface area (Å²) in [7, 11) is 0. The predicted octanol–water partition coefficient (Wildman–Crippen LogP) is 2.71. The van der Waals surface area contributed by atoms with E-state index in [1.54, 1.807) is 20.8 Å². The third-order valence-corrected chi connectivity index (χ3v) is 3.19. The number of hydrogen-bond donors (Lipinski definition) is 2. The fraction of sp³-hybridized carbons (Fsp3) is 0.917. The summed E-state index contributed by atoms with van der Waals surface area (Å²) in [5.74, 6) is 0. The van der Waals surface area contributed by atoms with Gasteiger partial charge in [-0.2, -0.15) is 13.2 Å². The van der Waals surface area contributed by atoms with Crippen LogP contribution < -0.4 is 11.1 Å². The lowest BCUT2D eigenvalue weighted by molar-refractivity contribution is -0.164. The number of alkyl carbamates (subject to hydrolysis) is 1. The number of rotatable bonds is 2. The van der Waals surface area contributed by atoms with Crippen molar-refractivity contribution in [1.29, 1.82) is 0 Å². The van der Waals surface area contributed by atoms with E-state index < -0.39 is 29.5 Å². The Bertz CT molecular complexity index is 331. The normalized spacial score (nSPS) is 21.0. The first kappa shape index (κ1) is 16.1. The second kappa shape index (κ2) is 5.19. The van der Waals surface area contributed by atoms with Crippen LogP contribution in [0.3, 0.4) is 0 Å². The summed E-state index contributed by atoms with van der Waals surface area (Å²) in [6, 6.07) is -2.07. The molecule has 1 atom stereocenters. The Morgan fingerprint density at radius 1 is 1.26 bits per heavy atom. The molecule has 3 N–H and O–H groups in total. The predicted molar refractivity (Wildman–Crippen MR) is 64.6 cm³/mol. The third-order valence-electron chi connectivity index (χ3n) is 3.19. The number of ether oxygens (including phenoxy) is 1. The Morgan fingerprint density at radius 2 is 1.74 bits per heavy atom. The molecule has 0 spiro atoms. The molecule has 1 amide bonds. The van der Waals surface area contributed by atoms with Crippen molar-refractivity contribution in [3.05, 3.63) is 0 Å². The fourth-order valence-electron chi connectivity index (χ4n) is 2.34. The maximum absolute atomic E-state index is 12.8. The van der Waals surface area contributed by atoms with Crippen LogP contribution in [0.2, 0.25) is 0 Å². The average molecular weight is 282 g/mol. The van der Waals surface area contributed by atoms with Gasteiger partial charge in [0.05, 0.1) is 5.54 Å². The SMILES string of the molecule is CC(C)(C)OC(=O)NC1(C(N)C(F)(F)F)CCCC1. The number of carbonyl (C=O) groups is 1. The molecule has 1 unspecified atom stereocenters. The first-order valence-corrected chi connectivity index (χ1v) is 6.30. The van der Waals surface area contributed by atoms with Gasteiger partial charge in [0.2, 0.25) is 0 Å². The zero-order valence-electron chi connectivity index (χ0n) is 11.4. The third kappa shape index (κ3) is 4.26. The van der Waals surface area contributed by atoms with Gasteiger partial charge in [0.15, 0.2) is 0 Å². The molecule has 1 aliphatic carbocycles. The molecular weight excluding hydrogens is 261 g/mol. The summed E-state index contributed by atoms with van der Waals surface area (Å²) < 4.78 is 43.5. The van der Waals surface area contributed by atoms with E-state index in [2.05, 4.69) is 5.32 Å². The smallest absolute Gasteiger partial charge is 0.408 e. The maximum atomic E-state index is 12.8. The molecule has 0 aromatic rings. The highest BCUT2D eigenvalue weighted by Crippen LogP contribution is 2.38. The summed E-state index contributed by atoms with van der Waals surface area (Å²) >= 11 is 0. The Balaban J connectivity index is 2.81. The number of halogens is 3. The van der Waals surface area contributed by atoms with Gasteiger partial charge < -0.3 is 15.8 Å². The first-order valence-electron chi connectivity index (χ1n) is 6.30. The van der Waals surface area contributed by atoms with E-state index in [0.29, 0.717) is 12.8 Å². The van der Waals surface area contributed by atoms with Gasteiger partial charge in [0, 0.05) is 0 Å². The van der Waals surface area contributed by atoms with Crippen molar-refractivity contribution in [3.63, 3.8) is 0 Å². The molecule has 0 aromatic heterocycles. The average Bonchev–Trinajstić information content (AvgIpc) is 2.61. The number of amides is 1. The molecule has 0 heterocycles. The summed E-state index contributed by atoms with van der Waals surface area (Å²) in [5, 5.41) is 2.35. The summed E-state index contributed by atoms with van der Waals surface area (Å²) in [5.41, 5.74) is 3.11. The van der Waals surface area contributed by atoms with Crippen LogP contribution >= 0.6 is 0 Å².